The first kappa shape index (κ1) is 17.9. The molecule has 1 rings (SSSR count). The van der Waals surface area contributed by atoms with Crippen molar-refractivity contribution in [2.24, 2.45) is 17.6 Å². The molecule has 4 heteroatoms. The van der Waals surface area contributed by atoms with Gasteiger partial charge in [0.1, 0.15) is 5.78 Å². The number of carbonyl (C=O) groups is 1. The molecule has 0 spiro atoms. The second-order valence-corrected chi connectivity index (χ2v) is 6.41. The number of rotatable bonds is 10. The second kappa shape index (κ2) is 8.98. The average Bonchev–Trinajstić information content (AvgIpc) is 2.87. The van der Waals surface area contributed by atoms with E-state index in [0.29, 0.717) is 37.3 Å². The van der Waals surface area contributed by atoms with Gasteiger partial charge in [0.2, 0.25) is 0 Å². The Labute approximate surface area is 129 Å². The molecule has 120 valence electrons. The van der Waals surface area contributed by atoms with Gasteiger partial charge in [-0.25, -0.2) is 0 Å². The lowest BCUT2D eigenvalue weighted by molar-refractivity contribution is -0.119. The number of nitrogens with two attached hydrogens (primary N) is 1. The minimum absolute atomic E-state index is 0.251. The van der Waals surface area contributed by atoms with E-state index in [2.05, 4.69) is 32.8 Å². The summed E-state index contributed by atoms with van der Waals surface area (Å²) in [6.45, 7) is 9.26. The highest BCUT2D eigenvalue weighted by Crippen LogP contribution is 2.17. The van der Waals surface area contributed by atoms with E-state index in [-0.39, 0.29) is 5.78 Å². The molecule has 1 aromatic heterocycles. The van der Waals surface area contributed by atoms with E-state index in [1.54, 1.807) is 0 Å². The average molecular weight is 293 g/mol. The summed E-state index contributed by atoms with van der Waals surface area (Å²) in [4.78, 5) is 12.2. The third-order valence-corrected chi connectivity index (χ3v) is 4.01. The Bertz CT molecular complexity index is 421. The van der Waals surface area contributed by atoms with Crippen molar-refractivity contribution in [3.63, 3.8) is 0 Å². The number of Topliss-reactive ketones (excluding diaryl/α,β-unsaturated/α-hetero) is 1. The SMILES string of the molecule is CCC(CC)n1ccc(CC(=O)CC(CN)CC(C)C)n1. The molecule has 0 saturated heterocycles. The first-order chi connectivity index (χ1) is 9.99. The van der Waals surface area contributed by atoms with Gasteiger partial charge < -0.3 is 5.73 Å². The molecule has 1 aromatic rings. The number of ketones is 1. The van der Waals surface area contributed by atoms with Gasteiger partial charge in [-0.2, -0.15) is 5.10 Å². The Balaban J connectivity index is 2.54. The van der Waals surface area contributed by atoms with Crippen molar-refractivity contribution in [3.8, 4) is 0 Å². The van der Waals surface area contributed by atoms with Gasteiger partial charge >= 0.3 is 0 Å². The predicted octanol–water partition coefficient (Wildman–Crippen LogP) is 3.37. The molecule has 0 aliphatic carbocycles. The lowest BCUT2D eigenvalue weighted by Gasteiger charge is -2.15. The number of aromatic nitrogens is 2. The largest absolute Gasteiger partial charge is 0.330 e. The number of hydrogen-bond donors (Lipinski definition) is 1. The molecule has 4 nitrogen and oxygen atoms in total. The van der Waals surface area contributed by atoms with Gasteiger partial charge in [-0.3, -0.25) is 9.48 Å². The van der Waals surface area contributed by atoms with Crippen LogP contribution in [-0.4, -0.2) is 22.1 Å². The lowest BCUT2D eigenvalue weighted by atomic mass is 9.91. The topological polar surface area (TPSA) is 60.9 Å². The molecule has 0 aliphatic rings. The van der Waals surface area contributed by atoms with Gasteiger partial charge in [0.25, 0.3) is 0 Å². The summed E-state index contributed by atoms with van der Waals surface area (Å²) in [6, 6.07) is 2.41. The van der Waals surface area contributed by atoms with Gasteiger partial charge in [0.15, 0.2) is 0 Å². The molecule has 1 unspecified atom stereocenters. The maximum atomic E-state index is 12.2. The molecular formula is C17H31N3O. The first-order valence-corrected chi connectivity index (χ1v) is 8.25. The number of hydrogen-bond acceptors (Lipinski definition) is 3. The number of nitrogens with zero attached hydrogens (tertiary/aromatic N) is 2. The van der Waals surface area contributed by atoms with Crippen molar-refractivity contribution in [1.29, 1.82) is 0 Å². The summed E-state index contributed by atoms with van der Waals surface area (Å²) >= 11 is 0. The molecule has 0 fully saturated rings. The fourth-order valence-corrected chi connectivity index (χ4v) is 2.86. The van der Waals surface area contributed by atoms with Crippen molar-refractivity contribution >= 4 is 5.78 Å². The molecule has 0 amide bonds. The summed E-state index contributed by atoms with van der Waals surface area (Å²) < 4.78 is 2.00. The third kappa shape index (κ3) is 6.00. The number of carbonyl (C=O) groups excluding carboxylic acids is 1. The molecule has 0 bridgehead atoms. The molecular weight excluding hydrogens is 262 g/mol. The summed E-state index contributed by atoms with van der Waals surface area (Å²) in [7, 11) is 0. The van der Waals surface area contributed by atoms with Crippen molar-refractivity contribution in [3.05, 3.63) is 18.0 Å². The van der Waals surface area contributed by atoms with Gasteiger partial charge in [0, 0.05) is 12.6 Å². The maximum Gasteiger partial charge on any atom is 0.139 e. The van der Waals surface area contributed by atoms with E-state index in [1.807, 2.05) is 16.9 Å². The van der Waals surface area contributed by atoms with Crippen molar-refractivity contribution in [2.75, 3.05) is 6.54 Å². The van der Waals surface area contributed by atoms with Crippen LogP contribution in [0.1, 0.15) is 65.1 Å². The predicted molar refractivity (Wildman–Crippen MR) is 87.2 cm³/mol. The molecule has 21 heavy (non-hydrogen) atoms. The maximum absolute atomic E-state index is 12.2. The van der Waals surface area contributed by atoms with Crippen LogP contribution in [0.4, 0.5) is 0 Å². The van der Waals surface area contributed by atoms with Crippen LogP contribution >= 0.6 is 0 Å². The molecule has 0 saturated carbocycles. The zero-order valence-corrected chi connectivity index (χ0v) is 14.0. The van der Waals surface area contributed by atoms with Crippen LogP contribution < -0.4 is 5.73 Å². The minimum atomic E-state index is 0.251. The van der Waals surface area contributed by atoms with Crippen LogP contribution in [0, 0.1) is 11.8 Å². The van der Waals surface area contributed by atoms with Crippen LogP contribution in [0.3, 0.4) is 0 Å². The lowest BCUT2D eigenvalue weighted by Crippen LogP contribution is -2.21. The zero-order chi connectivity index (χ0) is 15.8. The van der Waals surface area contributed by atoms with Crippen LogP contribution in [0.15, 0.2) is 12.3 Å². The van der Waals surface area contributed by atoms with Crippen LogP contribution in [0.5, 0.6) is 0 Å². The van der Waals surface area contributed by atoms with E-state index in [1.165, 1.54) is 0 Å². The van der Waals surface area contributed by atoms with E-state index >= 15 is 0 Å². The quantitative estimate of drug-likeness (QED) is 0.719. The second-order valence-electron chi connectivity index (χ2n) is 6.41. The Hall–Kier alpha value is -1.16. The Kier molecular flexibility index (Phi) is 7.65. The summed E-state index contributed by atoms with van der Waals surface area (Å²) in [5, 5.41) is 4.55. The van der Waals surface area contributed by atoms with E-state index in [9.17, 15) is 4.79 Å². The van der Waals surface area contributed by atoms with Crippen LogP contribution in [0.25, 0.3) is 0 Å². The fourth-order valence-electron chi connectivity index (χ4n) is 2.86. The highest BCUT2D eigenvalue weighted by atomic mass is 16.1. The molecule has 0 aromatic carbocycles. The van der Waals surface area contributed by atoms with E-state index < -0.39 is 0 Å². The minimum Gasteiger partial charge on any atom is -0.330 e. The monoisotopic (exact) mass is 293 g/mol. The van der Waals surface area contributed by atoms with Gasteiger partial charge in [0.05, 0.1) is 18.2 Å². The van der Waals surface area contributed by atoms with Crippen molar-refractivity contribution in [1.82, 2.24) is 9.78 Å². The van der Waals surface area contributed by atoms with Gasteiger partial charge in [-0.15, -0.1) is 0 Å². The zero-order valence-electron chi connectivity index (χ0n) is 14.0. The van der Waals surface area contributed by atoms with Crippen LogP contribution in [-0.2, 0) is 11.2 Å². The Morgan fingerprint density at radius 1 is 1.33 bits per heavy atom. The van der Waals surface area contributed by atoms with E-state index in [4.69, 9.17) is 5.73 Å². The molecule has 1 heterocycles. The van der Waals surface area contributed by atoms with Gasteiger partial charge in [-0.05, 0) is 43.7 Å². The van der Waals surface area contributed by atoms with Crippen molar-refractivity contribution < 1.29 is 4.79 Å². The third-order valence-electron chi connectivity index (χ3n) is 4.01. The van der Waals surface area contributed by atoms with Crippen molar-refractivity contribution in [2.45, 2.75) is 65.8 Å². The van der Waals surface area contributed by atoms with Gasteiger partial charge in [-0.1, -0.05) is 27.7 Å². The van der Waals surface area contributed by atoms with Crippen LogP contribution in [0.2, 0.25) is 0 Å². The normalized spacial score (nSPS) is 13.1. The molecule has 2 N–H and O–H groups in total. The molecule has 1 atom stereocenters. The Morgan fingerprint density at radius 3 is 2.52 bits per heavy atom. The highest BCUT2D eigenvalue weighted by Gasteiger charge is 2.16. The summed E-state index contributed by atoms with van der Waals surface area (Å²) in [5.74, 6) is 1.14. The highest BCUT2D eigenvalue weighted by molar-refractivity contribution is 5.80. The first-order valence-electron chi connectivity index (χ1n) is 8.25. The summed E-state index contributed by atoms with van der Waals surface area (Å²) in [5.41, 5.74) is 6.65. The molecule has 0 aliphatic heterocycles. The van der Waals surface area contributed by atoms with E-state index in [0.717, 1.165) is 25.0 Å². The molecule has 0 radical (unpaired) electrons. The Morgan fingerprint density at radius 2 is 2.00 bits per heavy atom. The smallest absolute Gasteiger partial charge is 0.139 e. The summed E-state index contributed by atoms with van der Waals surface area (Å²) in [6.07, 6.45) is 6.15. The standard InChI is InChI=1S/C17H31N3O/c1-5-16(6-2)20-8-7-15(19-20)11-17(21)10-14(12-18)9-13(3)4/h7-8,13-14,16H,5-6,9-12,18H2,1-4H3. The fraction of sp³-hybridized carbons (Fsp3) is 0.765.